The summed E-state index contributed by atoms with van der Waals surface area (Å²) in [5.74, 6) is 0. The molecule has 140 valence electrons. The maximum Gasteiger partial charge on any atom is 0.0596 e. The van der Waals surface area contributed by atoms with Crippen LogP contribution in [0.15, 0.2) is 0 Å². The highest BCUT2D eigenvalue weighted by molar-refractivity contribution is 7.59. The molecule has 2 atom stereocenters. The Morgan fingerprint density at radius 2 is 1.83 bits per heavy atom. The summed E-state index contributed by atoms with van der Waals surface area (Å²) in [4.78, 5) is 5.29. The molecule has 0 aromatic heterocycles. The maximum absolute atomic E-state index is 5.77. The molecule has 0 spiro atoms. The van der Waals surface area contributed by atoms with Crippen LogP contribution in [-0.2, 0) is 9.47 Å². The molecule has 0 N–H and O–H groups in total. The average Bonchev–Trinajstić information content (AvgIpc) is 2.47. The van der Waals surface area contributed by atoms with Crippen molar-refractivity contribution in [1.29, 1.82) is 0 Å². The molecule has 2 heterocycles. The molecule has 0 unspecified atom stereocenters. The van der Waals surface area contributed by atoms with Crippen molar-refractivity contribution in [2.45, 2.75) is 64.7 Å². The molecule has 0 radical (unpaired) electrons. The zero-order chi connectivity index (χ0) is 15.3. The summed E-state index contributed by atoms with van der Waals surface area (Å²) < 4.78 is 11.4. The van der Waals surface area contributed by atoms with Crippen LogP contribution in [0.1, 0.15) is 47.0 Å². The van der Waals surface area contributed by atoms with E-state index in [0.29, 0.717) is 17.7 Å². The van der Waals surface area contributed by atoms with E-state index in [1.807, 2.05) is 0 Å². The van der Waals surface area contributed by atoms with E-state index < -0.39 is 0 Å². The Balaban J connectivity index is 0.00000242. The van der Waals surface area contributed by atoms with Gasteiger partial charge in [-0.15, -0.1) is 0 Å². The SMILES string of the molecule is CC[C@]1(N2CCN(CCOC(C)C)CC2)CCO[C@@H](C)C1.S.S. The third kappa shape index (κ3) is 6.75. The van der Waals surface area contributed by atoms with E-state index >= 15 is 0 Å². The van der Waals surface area contributed by atoms with E-state index in [1.54, 1.807) is 0 Å². The highest BCUT2D eigenvalue weighted by atomic mass is 32.1. The minimum Gasteiger partial charge on any atom is -0.378 e. The summed E-state index contributed by atoms with van der Waals surface area (Å²) in [5.41, 5.74) is 0.387. The fourth-order valence-corrected chi connectivity index (χ4v) is 3.84. The second kappa shape index (κ2) is 11.2. The van der Waals surface area contributed by atoms with Crippen LogP contribution in [0.3, 0.4) is 0 Å². The molecule has 0 aromatic carbocycles. The molecule has 4 nitrogen and oxygen atoms in total. The van der Waals surface area contributed by atoms with Gasteiger partial charge < -0.3 is 9.47 Å². The van der Waals surface area contributed by atoms with Crippen LogP contribution in [0, 0.1) is 0 Å². The first kappa shape index (κ1) is 23.5. The number of ether oxygens (including phenoxy) is 2. The maximum atomic E-state index is 5.77. The monoisotopic (exact) mass is 366 g/mol. The normalized spacial score (nSPS) is 29.9. The van der Waals surface area contributed by atoms with Gasteiger partial charge in [0.1, 0.15) is 0 Å². The van der Waals surface area contributed by atoms with E-state index in [-0.39, 0.29) is 27.0 Å². The van der Waals surface area contributed by atoms with Gasteiger partial charge in [0, 0.05) is 44.9 Å². The lowest BCUT2D eigenvalue weighted by Crippen LogP contribution is -2.59. The van der Waals surface area contributed by atoms with Crippen molar-refractivity contribution in [3.63, 3.8) is 0 Å². The third-order valence-corrected chi connectivity index (χ3v) is 5.20. The van der Waals surface area contributed by atoms with Crippen LogP contribution in [0.2, 0.25) is 0 Å². The molecule has 2 saturated heterocycles. The average molecular weight is 367 g/mol. The van der Waals surface area contributed by atoms with Gasteiger partial charge in [0.05, 0.1) is 18.8 Å². The van der Waals surface area contributed by atoms with Gasteiger partial charge in [-0.05, 0) is 40.0 Å². The molecule has 2 rings (SSSR count). The Morgan fingerprint density at radius 3 is 2.35 bits per heavy atom. The van der Waals surface area contributed by atoms with Gasteiger partial charge in [0.25, 0.3) is 0 Å². The summed E-state index contributed by atoms with van der Waals surface area (Å²) >= 11 is 0. The van der Waals surface area contributed by atoms with Gasteiger partial charge in [0.2, 0.25) is 0 Å². The number of piperazine rings is 1. The van der Waals surface area contributed by atoms with Crippen molar-refractivity contribution < 1.29 is 9.47 Å². The van der Waals surface area contributed by atoms with Crippen LogP contribution in [-0.4, -0.2) is 73.5 Å². The molecule has 0 amide bonds. The van der Waals surface area contributed by atoms with Crippen LogP contribution in [0.25, 0.3) is 0 Å². The molecule has 23 heavy (non-hydrogen) atoms. The quantitative estimate of drug-likeness (QED) is 0.721. The summed E-state index contributed by atoms with van der Waals surface area (Å²) in [7, 11) is 0. The molecule has 2 fully saturated rings. The lowest BCUT2D eigenvalue weighted by molar-refractivity contribution is -0.0823. The Labute approximate surface area is 157 Å². The van der Waals surface area contributed by atoms with Crippen molar-refractivity contribution in [3.8, 4) is 0 Å². The van der Waals surface area contributed by atoms with E-state index in [4.69, 9.17) is 9.47 Å². The predicted octanol–water partition coefficient (Wildman–Crippen LogP) is 2.60. The standard InChI is InChI=1S/C17H34N2O2.2H2S/c1-5-17(6-12-21-16(4)14-17)19-9-7-18(8-10-19)11-13-20-15(2)3;;/h15-16H,5-14H2,1-4H3;2*1H2/t16-,17-;;/m0../s1. The molecular formula is C17H38N2O2S2. The summed E-state index contributed by atoms with van der Waals surface area (Å²) in [6.07, 6.45) is 4.40. The molecule has 0 bridgehead atoms. The van der Waals surface area contributed by atoms with Gasteiger partial charge in [-0.2, -0.15) is 27.0 Å². The van der Waals surface area contributed by atoms with Crippen LogP contribution < -0.4 is 0 Å². The van der Waals surface area contributed by atoms with E-state index in [9.17, 15) is 0 Å². The molecule has 0 aromatic rings. The minimum atomic E-state index is 0. The largest absolute Gasteiger partial charge is 0.378 e. The van der Waals surface area contributed by atoms with Crippen molar-refractivity contribution in [2.75, 3.05) is 45.9 Å². The fourth-order valence-electron chi connectivity index (χ4n) is 3.84. The number of hydrogen-bond donors (Lipinski definition) is 0. The summed E-state index contributed by atoms with van der Waals surface area (Å²) in [5, 5.41) is 0. The second-order valence-electron chi connectivity index (χ2n) is 6.96. The van der Waals surface area contributed by atoms with E-state index in [2.05, 4.69) is 37.5 Å². The highest BCUT2D eigenvalue weighted by Gasteiger charge is 2.40. The molecular weight excluding hydrogens is 328 g/mol. The van der Waals surface area contributed by atoms with Gasteiger partial charge in [-0.25, -0.2) is 0 Å². The zero-order valence-electron chi connectivity index (χ0n) is 15.4. The smallest absolute Gasteiger partial charge is 0.0596 e. The van der Waals surface area contributed by atoms with E-state index in [1.165, 1.54) is 45.4 Å². The van der Waals surface area contributed by atoms with Crippen LogP contribution in [0.5, 0.6) is 0 Å². The Morgan fingerprint density at radius 1 is 1.17 bits per heavy atom. The van der Waals surface area contributed by atoms with Crippen LogP contribution in [0.4, 0.5) is 0 Å². The van der Waals surface area contributed by atoms with Crippen molar-refractivity contribution >= 4 is 27.0 Å². The molecule has 0 aliphatic carbocycles. The number of hydrogen-bond acceptors (Lipinski definition) is 4. The molecule has 2 aliphatic heterocycles. The third-order valence-electron chi connectivity index (χ3n) is 5.20. The lowest BCUT2D eigenvalue weighted by Gasteiger charge is -2.50. The number of rotatable bonds is 6. The van der Waals surface area contributed by atoms with E-state index in [0.717, 1.165) is 19.8 Å². The van der Waals surface area contributed by atoms with Gasteiger partial charge in [0.15, 0.2) is 0 Å². The van der Waals surface area contributed by atoms with Crippen molar-refractivity contribution in [1.82, 2.24) is 9.80 Å². The summed E-state index contributed by atoms with van der Waals surface area (Å²) in [6, 6.07) is 0. The predicted molar refractivity (Wildman–Crippen MR) is 108 cm³/mol. The highest BCUT2D eigenvalue weighted by Crippen LogP contribution is 2.34. The second-order valence-corrected chi connectivity index (χ2v) is 6.96. The fraction of sp³-hybridized carbons (Fsp3) is 1.00. The van der Waals surface area contributed by atoms with Gasteiger partial charge in [-0.3, -0.25) is 9.80 Å². The minimum absolute atomic E-state index is 0. The van der Waals surface area contributed by atoms with Gasteiger partial charge in [-0.1, -0.05) is 6.92 Å². The topological polar surface area (TPSA) is 24.9 Å². The van der Waals surface area contributed by atoms with Crippen LogP contribution >= 0.6 is 27.0 Å². The first-order valence-electron chi connectivity index (χ1n) is 8.76. The van der Waals surface area contributed by atoms with Crippen molar-refractivity contribution in [2.24, 2.45) is 0 Å². The molecule has 6 heteroatoms. The Bertz CT molecular complexity index is 313. The zero-order valence-corrected chi connectivity index (χ0v) is 17.4. The molecule has 0 saturated carbocycles. The molecule has 2 aliphatic rings. The number of nitrogens with zero attached hydrogens (tertiary/aromatic N) is 2. The summed E-state index contributed by atoms with van der Waals surface area (Å²) in [6.45, 7) is 16.4. The first-order chi connectivity index (χ1) is 10.1. The Kier molecular flexibility index (Phi) is 11.5. The Hall–Kier alpha value is 0.540. The lowest BCUT2D eigenvalue weighted by atomic mass is 9.82. The van der Waals surface area contributed by atoms with Gasteiger partial charge >= 0.3 is 0 Å². The van der Waals surface area contributed by atoms with Crippen molar-refractivity contribution in [3.05, 3.63) is 0 Å². The first-order valence-corrected chi connectivity index (χ1v) is 8.76.